The number of aromatic nitrogens is 2. The Kier molecular flexibility index (Phi) is 4.76. The summed E-state index contributed by atoms with van der Waals surface area (Å²) in [6.45, 7) is 4.43. The number of carbonyl (C=O) groups is 1. The number of hydrogen-bond acceptors (Lipinski definition) is 6. The molecule has 1 aliphatic heterocycles. The van der Waals surface area contributed by atoms with E-state index in [-0.39, 0.29) is 11.2 Å². The summed E-state index contributed by atoms with van der Waals surface area (Å²) in [4.78, 5) is 23.4. The average molecular weight is 389 g/mol. The Morgan fingerprint density at radius 2 is 2.08 bits per heavy atom. The Morgan fingerprint density at radius 1 is 1.27 bits per heavy atom. The highest BCUT2D eigenvalue weighted by atomic mass is 35.5. The van der Waals surface area contributed by atoms with Crippen molar-refractivity contribution >= 4 is 50.6 Å². The molecule has 3 aromatic rings. The predicted molar refractivity (Wildman–Crippen MR) is 105 cm³/mol. The number of rotatable bonds is 3. The van der Waals surface area contributed by atoms with Crippen molar-refractivity contribution in [2.75, 3.05) is 36.5 Å². The summed E-state index contributed by atoms with van der Waals surface area (Å²) in [7, 11) is 0. The van der Waals surface area contributed by atoms with Gasteiger partial charge in [-0.2, -0.15) is 4.98 Å². The molecule has 1 N–H and O–H groups in total. The van der Waals surface area contributed by atoms with Crippen LogP contribution in [0.1, 0.15) is 6.92 Å². The number of thiophene rings is 1. The van der Waals surface area contributed by atoms with Gasteiger partial charge in [-0.05, 0) is 35.4 Å². The van der Waals surface area contributed by atoms with Gasteiger partial charge in [0.05, 0.1) is 23.4 Å². The maximum absolute atomic E-state index is 11.3. The number of fused-ring (bicyclic) bond motifs is 1. The van der Waals surface area contributed by atoms with Crippen molar-refractivity contribution in [1.29, 1.82) is 0 Å². The number of nitrogens with one attached hydrogen (secondary N) is 1. The molecule has 26 heavy (non-hydrogen) atoms. The zero-order chi connectivity index (χ0) is 18.1. The third kappa shape index (κ3) is 3.51. The fourth-order valence-electron chi connectivity index (χ4n) is 2.97. The Balaban J connectivity index is 1.77. The lowest BCUT2D eigenvalue weighted by Gasteiger charge is -2.28. The van der Waals surface area contributed by atoms with Crippen molar-refractivity contribution in [3.05, 3.63) is 35.6 Å². The highest BCUT2D eigenvalue weighted by Crippen LogP contribution is 2.38. The second kappa shape index (κ2) is 7.19. The molecule has 0 saturated carbocycles. The van der Waals surface area contributed by atoms with E-state index in [9.17, 15) is 4.79 Å². The molecule has 134 valence electrons. The number of carbonyl (C=O) groups excluding carboxylic acids is 1. The van der Waals surface area contributed by atoms with E-state index in [1.54, 1.807) is 11.3 Å². The maximum Gasteiger partial charge on any atom is 0.224 e. The van der Waals surface area contributed by atoms with Crippen LogP contribution in [0, 0.1) is 0 Å². The van der Waals surface area contributed by atoms with E-state index < -0.39 is 0 Å². The number of hydrogen-bond donors (Lipinski definition) is 1. The van der Waals surface area contributed by atoms with Crippen molar-refractivity contribution in [3.8, 4) is 10.4 Å². The number of benzene rings is 1. The second-order valence-corrected chi connectivity index (χ2v) is 7.39. The van der Waals surface area contributed by atoms with Crippen molar-refractivity contribution < 1.29 is 9.53 Å². The maximum atomic E-state index is 11.3. The van der Waals surface area contributed by atoms with Crippen LogP contribution < -0.4 is 10.2 Å². The number of morpholine rings is 1. The molecule has 4 rings (SSSR count). The van der Waals surface area contributed by atoms with Crippen LogP contribution in [0.3, 0.4) is 0 Å². The molecule has 6 nitrogen and oxygen atoms in total. The topological polar surface area (TPSA) is 67.4 Å². The van der Waals surface area contributed by atoms with Gasteiger partial charge >= 0.3 is 0 Å². The van der Waals surface area contributed by atoms with Crippen LogP contribution >= 0.6 is 22.9 Å². The van der Waals surface area contributed by atoms with Crippen molar-refractivity contribution in [1.82, 2.24) is 9.97 Å². The largest absolute Gasteiger partial charge is 0.378 e. The molecule has 0 radical (unpaired) electrons. The molecule has 0 unspecified atom stereocenters. The smallest absolute Gasteiger partial charge is 0.224 e. The van der Waals surface area contributed by atoms with Crippen LogP contribution in [0.25, 0.3) is 20.7 Å². The summed E-state index contributed by atoms with van der Waals surface area (Å²) in [5.41, 5.74) is 2.62. The third-order valence-electron chi connectivity index (χ3n) is 4.10. The highest BCUT2D eigenvalue weighted by Gasteiger charge is 2.19. The molecule has 0 spiro atoms. The van der Waals surface area contributed by atoms with Crippen molar-refractivity contribution in [3.63, 3.8) is 0 Å². The van der Waals surface area contributed by atoms with Gasteiger partial charge in [0.25, 0.3) is 0 Å². The molecule has 3 heterocycles. The minimum absolute atomic E-state index is 0.0919. The van der Waals surface area contributed by atoms with Gasteiger partial charge in [0.1, 0.15) is 0 Å². The summed E-state index contributed by atoms with van der Waals surface area (Å²) in [5, 5.41) is 3.06. The Hall–Kier alpha value is -2.22. The fraction of sp³-hybridized carbons (Fsp3) is 0.278. The van der Waals surface area contributed by atoms with E-state index in [0.717, 1.165) is 45.3 Å². The summed E-state index contributed by atoms with van der Waals surface area (Å²) in [6, 6.07) is 9.78. The zero-order valence-electron chi connectivity index (χ0n) is 14.2. The van der Waals surface area contributed by atoms with E-state index in [2.05, 4.69) is 20.2 Å². The first kappa shape index (κ1) is 17.2. The molecule has 8 heteroatoms. The molecule has 1 aromatic carbocycles. The van der Waals surface area contributed by atoms with E-state index in [0.29, 0.717) is 13.2 Å². The monoisotopic (exact) mass is 388 g/mol. The first-order valence-corrected chi connectivity index (χ1v) is 9.47. The fourth-order valence-corrected chi connectivity index (χ4v) is 4.25. The van der Waals surface area contributed by atoms with Crippen LogP contribution in [0.4, 0.5) is 11.5 Å². The van der Waals surface area contributed by atoms with E-state index in [1.807, 2.05) is 30.3 Å². The summed E-state index contributed by atoms with van der Waals surface area (Å²) < 4.78 is 6.44. The van der Waals surface area contributed by atoms with E-state index >= 15 is 0 Å². The van der Waals surface area contributed by atoms with Crippen LogP contribution in [-0.2, 0) is 9.53 Å². The molecule has 2 aromatic heterocycles. The molecule has 0 bridgehead atoms. The van der Waals surface area contributed by atoms with E-state index in [4.69, 9.17) is 16.3 Å². The second-order valence-electron chi connectivity index (χ2n) is 6.00. The zero-order valence-corrected chi connectivity index (χ0v) is 15.7. The minimum Gasteiger partial charge on any atom is -0.378 e. The van der Waals surface area contributed by atoms with Crippen molar-refractivity contribution in [2.24, 2.45) is 0 Å². The highest BCUT2D eigenvalue weighted by molar-refractivity contribution is 7.22. The van der Waals surface area contributed by atoms with Gasteiger partial charge in [0.2, 0.25) is 11.2 Å². The standard InChI is InChI=1S/C18H17ClN4O2S/c1-11(24)20-13-4-2-3-12(9-13)15-10-14-16(26-15)17(22-18(19)21-14)23-5-7-25-8-6-23/h2-4,9-10H,5-8H2,1H3,(H,20,24). The van der Waals surface area contributed by atoms with Gasteiger partial charge in [0, 0.05) is 30.6 Å². The molecular formula is C18H17ClN4O2S. The normalized spacial score (nSPS) is 14.6. The molecular weight excluding hydrogens is 372 g/mol. The lowest BCUT2D eigenvalue weighted by Crippen LogP contribution is -2.36. The summed E-state index contributed by atoms with van der Waals surface area (Å²) in [5.74, 6) is 0.767. The first-order valence-electron chi connectivity index (χ1n) is 8.28. The molecule has 1 saturated heterocycles. The SMILES string of the molecule is CC(=O)Nc1cccc(-c2cc3nc(Cl)nc(N4CCOCC4)c3s2)c1. The van der Waals surface area contributed by atoms with Crippen LogP contribution in [-0.4, -0.2) is 42.2 Å². The van der Waals surface area contributed by atoms with Gasteiger partial charge < -0.3 is 15.0 Å². The lowest BCUT2D eigenvalue weighted by atomic mass is 10.1. The van der Waals surface area contributed by atoms with Gasteiger partial charge in [-0.3, -0.25) is 4.79 Å². The number of halogens is 1. The predicted octanol–water partition coefficient (Wildman–Crippen LogP) is 3.81. The Labute approximate surface area is 159 Å². The molecule has 0 aliphatic carbocycles. The van der Waals surface area contributed by atoms with E-state index in [1.165, 1.54) is 6.92 Å². The molecule has 1 amide bonds. The molecule has 1 fully saturated rings. The summed E-state index contributed by atoms with van der Waals surface area (Å²) >= 11 is 7.79. The number of anilines is 2. The Bertz CT molecular complexity index is 969. The number of ether oxygens (including phenoxy) is 1. The average Bonchev–Trinajstić information content (AvgIpc) is 3.05. The number of amides is 1. The van der Waals surface area contributed by atoms with Crippen LogP contribution in [0.15, 0.2) is 30.3 Å². The third-order valence-corrected chi connectivity index (χ3v) is 5.44. The quantitative estimate of drug-likeness (QED) is 0.691. The molecule has 0 atom stereocenters. The van der Waals surface area contributed by atoms with Crippen LogP contribution in [0.5, 0.6) is 0 Å². The molecule has 1 aliphatic rings. The number of nitrogens with zero attached hydrogens (tertiary/aromatic N) is 3. The minimum atomic E-state index is -0.0919. The lowest BCUT2D eigenvalue weighted by molar-refractivity contribution is -0.114. The van der Waals surface area contributed by atoms with Crippen molar-refractivity contribution in [2.45, 2.75) is 6.92 Å². The van der Waals surface area contributed by atoms with Gasteiger partial charge in [0.15, 0.2) is 5.82 Å². The van der Waals surface area contributed by atoms with Gasteiger partial charge in [-0.1, -0.05) is 12.1 Å². The summed E-state index contributed by atoms with van der Waals surface area (Å²) in [6.07, 6.45) is 0. The first-order chi connectivity index (χ1) is 12.6. The van der Waals surface area contributed by atoms with Gasteiger partial charge in [-0.25, -0.2) is 4.98 Å². The Morgan fingerprint density at radius 3 is 2.85 bits per heavy atom. The van der Waals surface area contributed by atoms with Gasteiger partial charge in [-0.15, -0.1) is 11.3 Å². The van der Waals surface area contributed by atoms with Crippen LogP contribution in [0.2, 0.25) is 5.28 Å².